The van der Waals surface area contributed by atoms with Gasteiger partial charge in [0.15, 0.2) is 11.5 Å². The Morgan fingerprint density at radius 1 is 1.43 bits per heavy atom. The third-order valence-corrected chi connectivity index (χ3v) is 4.00. The SMILES string of the molecule is NC(=O)c1ncn(CCCC[C@@]2(O)O[C@H](CO)[C@@H](O)[C@H]2O)c1N. The average Bonchev–Trinajstić information content (AvgIpc) is 2.98. The lowest BCUT2D eigenvalue weighted by molar-refractivity contribution is -0.234. The van der Waals surface area contributed by atoms with Crippen molar-refractivity contribution in [2.24, 2.45) is 5.73 Å². The number of aliphatic hydroxyl groups is 4. The Balaban J connectivity index is 1.85. The first-order valence-corrected chi connectivity index (χ1v) is 7.27. The lowest BCUT2D eigenvalue weighted by Crippen LogP contribution is -2.43. The fraction of sp³-hybridized carbons (Fsp3) is 0.692. The van der Waals surface area contributed by atoms with Gasteiger partial charge in [0.05, 0.1) is 12.9 Å². The summed E-state index contributed by atoms with van der Waals surface area (Å²) in [6.07, 6.45) is -1.38. The number of ether oxygens (including phenoxy) is 1. The highest BCUT2D eigenvalue weighted by molar-refractivity contribution is 5.95. The summed E-state index contributed by atoms with van der Waals surface area (Å²) in [5.41, 5.74) is 10.9. The number of aryl methyl sites for hydroxylation is 1. The number of nitrogens with zero attached hydrogens (tertiary/aromatic N) is 2. The van der Waals surface area contributed by atoms with Gasteiger partial charge >= 0.3 is 0 Å². The van der Waals surface area contributed by atoms with E-state index in [1.54, 1.807) is 4.57 Å². The van der Waals surface area contributed by atoms with E-state index in [2.05, 4.69) is 4.98 Å². The second-order valence-electron chi connectivity index (χ2n) is 5.61. The number of primary amides is 1. The fourth-order valence-corrected chi connectivity index (χ4v) is 2.64. The van der Waals surface area contributed by atoms with Gasteiger partial charge in [0, 0.05) is 13.0 Å². The summed E-state index contributed by atoms with van der Waals surface area (Å²) >= 11 is 0. The third-order valence-electron chi connectivity index (χ3n) is 4.00. The Morgan fingerprint density at radius 2 is 2.13 bits per heavy atom. The summed E-state index contributed by atoms with van der Waals surface area (Å²) in [6, 6.07) is 0. The van der Waals surface area contributed by atoms with Crippen LogP contribution in [0, 0.1) is 0 Å². The van der Waals surface area contributed by atoms with Gasteiger partial charge in [-0.2, -0.15) is 0 Å². The number of amides is 1. The summed E-state index contributed by atoms with van der Waals surface area (Å²) in [6.45, 7) is -0.0632. The van der Waals surface area contributed by atoms with Crippen molar-refractivity contribution in [3.8, 4) is 0 Å². The van der Waals surface area contributed by atoms with Crippen LogP contribution in [0.4, 0.5) is 5.82 Å². The topological polar surface area (TPSA) is 177 Å². The maximum atomic E-state index is 11.1. The molecule has 0 saturated carbocycles. The quantitative estimate of drug-likeness (QED) is 0.298. The molecule has 2 rings (SSSR count). The van der Waals surface area contributed by atoms with E-state index in [-0.39, 0.29) is 17.9 Å². The Kier molecular flexibility index (Phi) is 5.22. The maximum Gasteiger partial charge on any atom is 0.271 e. The zero-order chi connectivity index (χ0) is 17.2. The van der Waals surface area contributed by atoms with Crippen LogP contribution < -0.4 is 11.5 Å². The molecular formula is C13H22N4O6. The number of aromatic nitrogens is 2. The number of rotatable bonds is 7. The van der Waals surface area contributed by atoms with Crippen LogP contribution in [0.25, 0.3) is 0 Å². The van der Waals surface area contributed by atoms with Gasteiger partial charge in [-0.3, -0.25) is 4.79 Å². The van der Waals surface area contributed by atoms with E-state index >= 15 is 0 Å². The molecule has 1 fully saturated rings. The summed E-state index contributed by atoms with van der Waals surface area (Å²) in [4.78, 5) is 14.9. The number of hydrogen-bond acceptors (Lipinski definition) is 8. The zero-order valence-corrected chi connectivity index (χ0v) is 12.5. The minimum atomic E-state index is -1.90. The van der Waals surface area contributed by atoms with Crippen LogP contribution in [-0.4, -0.2) is 66.6 Å². The van der Waals surface area contributed by atoms with Crippen LogP contribution in [0.2, 0.25) is 0 Å². The Morgan fingerprint density at radius 3 is 2.65 bits per heavy atom. The molecule has 0 bridgehead atoms. The molecule has 0 unspecified atom stereocenters. The van der Waals surface area contributed by atoms with Crippen LogP contribution >= 0.6 is 0 Å². The molecule has 1 aromatic heterocycles. The normalized spacial score (nSPS) is 30.7. The smallest absolute Gasteiger partial charge is 0.271 e. The highest BCUT2D eigenvalue weighted by Gasteiger charge is 2.52. The molecule has 4 atom stereocenters. The molecule has 1 saturated heterocycles. The van der Waals surface area contributed by atoms with Crippen molar-refractivity contribution in [1.82, 2.24) is 9.55 Å². The fourth-order valence-electron chi connectivity index (χ4n) is 2.64. The predicted octanol–water partition coefficient (Wildman–Crippen LogP) is -2.46. The highest BCUT2D eigenvalue weighted by atomic mass is 16.7. The minimum Gasteiger partial charge on any atom is -0.394 e. The lowest BCUT2D eigenvalue weighted by atomic mass is 10.00. The lowest BCUT2D eigenvalue weighted by Gasteiger charge is -2.26. The molecule has 8 N–H and O–H groups in total. The molecule has 130 valence electrons. The molecular weight excluding hydrogens is 308 g/mol. The van der Waals surface area contributed by atoms with E-state index in [0.717, 1.165) is 0 Å². The molecule has 0 aromatic carbocycles. The van der Waals surface area contributed by atoms with Crippen molar-refractivity contribution in [1.29, 1.82) is 0 Å². The van der Waals surface area contributed by atoms with Crippen molar-refractivity contribution in [2.45, 2.75) is 49.9 Å². The summed E-state index contributed by atoms with van der Waals surface area (Å²) in [7, 11) is 0. The van der Waals surface area contributed by atoms with E-state index in [4.69, 9.17) is 21.3 Å². The number of carbonyl (C=O) groups is 1. The van der Waals surface area contributed by atoms with Crippen LogP contribution in [0.15, 0.2) is 6.33 Å². The van der Waals surface area contributed by atoms with E-state index in [9.17, 15) is 20.1 Å². The standard InChI is InChI=1S/C13H22N4O6/c14-11-8(12(15)21)16-6-17(11)4-2-1-3-13(22)10(20)9(19)7(5-18)23-13/h6-7,9-10,18-20,22H,1-5,14H2,(H2,15,21)/t7-,9-,10-,13-/m1/s1. The summed E-state index contributed by atoms with van der Waals surface area (Å²) in [5.74, 6) is -2.43. The molecule has 0 aliphatic carbocycles. The molecule has 1 aromatic rings. The first-order chi connectivity index (χ1) is 10.8. The zero-order valence-electron chi connectivity index (χ0n) is 12.5. The van der Waals surface area contributed by atoms with Gasteiger partial charge in [0.1, 0.15) is 24.1 Å². The van der Waals surface area contributed by atoms with Crippen molar-refractivity contribution in [3.05, 3.63) is 12.0 Å². The van der Waals surface area contributed by atoms with E-state index < -0.39 is 36.6 Å². The molecule has 2 heterocycles. The maximum absolute atomic E-state index is 11.1. The number of nitrogens with two attached hydrogens (primary N) is 2. The monoisotopic (exact) mass is 330 g/mol. The summed E-state index contributed by atoms with van der Waals surface area (Å²) in [5, 5.41) is 38.7. The van der Waals surface area contributed by atoms with Crippen LogP contribution in [0.1, 0.15) is 29.8 Å². The van der Waals surface area contributed by atoms with Gasteiger partial charge in [-0.05, 0) is 12.8 Å². The Hall–Kier alpha value is -1.72. The second kappa shape index (κ2) is 6.81. The van der Waals surface area contributed by atoms with E-state index in [1.165, 1.54) is 6.33 Å². The number of hydrogen-bond donors (Lipinski definition) is 6. The number of unbranched alkanes of at least 4 members (excludes halogenated alkanes) is 1. The van der Waals surface area contributed by atoms with Gasteiger partial charge in [-0.15, -0.1) is 0 Å². The van der Waals surface area contributed by atoms with Gasteiger partial charge in [0.25, 0.3) is 5.91 Å². The molecule has 1 aliphatic heterocycles. The number of carbonyl (C=O) groups excluding carboxylic acids is 1. The molecule has 23 heavy (non-hydrogen) atoms. The Labute approximate surface area is 132 Å². The number of imidazole rings is 1. The van der Waals surface area contributed by atoms with Crippen molar-refractivity contribution in [2.75, 3.05) is 12.3 Å². The van der Waals surface area contributed by atoms with Crippen LogP contribution in [0.3, 0.4) is 0 Å². The van der Waals surface area contributed by atoms with Crippen LogP contribution in [-0.2, 0) is 11.3 Å². The highest BCUT2D eigenvalue weighted by Crippen LogP contribution is 2.33. The van der Waals surface area contributed by atoms with Gasteiger partial charge in [-0.25, -0.2) is 4.98 Å². The summed E-state index contributed by atoms with van der Waals surface area (Å²) < 4.78 is 6.69. The second-order valence-corrected chi connectivity index (χ2v) is 5.61. The third kappa shape index (κ3) is 3.46. The van der Waals surface area contributed by atoms with Crippen molar-refractivity contribution < 1.29 is 30.0 Å². The van der Waals surface area contributed by atoms with E-state index in [1.807, 2.05) is 0 Å². The first-order valence-electron chi connectivity index (χ1n) is 7.27. The number of anilines is 1. The van der Waals surface area contributed by atoms with Gasteiger partial charge < -0.3 is 41.2 Å². The van der Waals surface area contributed by atoms with E-state index in [0.29, 0.717) is 19.4 Å². The number of nitrogen functional groups attached to an aromatic ring is 1. The van der Waals surface area contributed by atoms with Crippen molar-refractivity contribution >= 4 is 11.7 Å². The molecule has 0 spiro atoms. The largest absolute Gasteiger partial charge is 0.394 e. The molecule has 1 amide bonds. The number of aliphatic hydroxyl groups excluding tert-OH is 3. The molecule has 10 nitrogen and oxygen atoms in total. The molecule has 10 heteroatoms. The van der Waals surface area contributed by atoms with Gasteiger partial charge in [-0.1, -0.05) is 0 Å². The van der Waals surface area contributed by atoms with Crippen LogP contribution in [0.5, 0.6) is 0 Å². The predicted molar refractivity (Wildman–Crippen MR) is 77.9 cm³/mol. The molecule has 0 radical (unpaired) electrons. The van der Waals surface area contributed by atoms with Crippen molar-refractivity contribution in [3.63, 3.8) is 0 Å². The minimum absolute atomic E-state index is 0.00656. The molecule has 1 aliphatic rings. The average molecular weight is 330 g/mol. The Bertz CT molecular complexity index is 565. The first kappa shape index (κ1) is 17.6. The van der Waals surface area contributed by atoms with Gasteiger partial charge in [0.2, 0.25) is 0 Å².